The number of aromatic nitrogens is 2. The molecule has 1 fully saturated rings. The summed E-state index contributed by atoms with van der Waals surface area (Å²) in [5, 5.41) is 3.70. The number of nitrogens with zero attached hydrogens (tertiary/aromatic N) is 2. The van der Waals surface area contributed by atoms with Gasteiger partial charge in [0.15, 0.2) is 15.7 Å². The molecule has 1 aliphatic carbocycles. The smallest absolute Gasteiger partial charge is 0.236 e. The van der Waals surface area contributed by atoms with Crippen molar-refractivity contribution in [3.63, 3.8) is 0 Å². The zero-order valence-corrected chi connectivity index (χ0v) is 14.4. The SMILES string of the molecule is C[C@@H]1CCC[C@H](CCSCc2nc(CS(C)(=O)=O)no2)C1. The predicted molar refractivity (Wildman–Crippen MR) is 84.7 cm³/mol. The molecule has 21 heavy (non-hydrogen) atoms. The van der Waals surface area contributed by atoms with Gasteiger partial charge in [-0.05, 0) is 30.4 Å². The summed E-state index contributed by atoms with van der Waals surface area (Å²) in [4.78, 5) is 4.11. The Labute approximate surface area is 131 Å². The average molecular weight is 332 g/mol. The van der Waals surface area contributed by atoms with Crippen molar-refractivity contribution in [3.05, 3.63) is 11.7 Å². The van der Waals surface area contributed by atoms with Crippen molar-refractivity contribution in [1.29, 1.82) is 0 Å². The Morgan fingerprint density at radius 3 is 2.90 bits per heavy atom. The lowest BCUT2D eigenvalue weighted by Gasteiger charge is -2.26. The van der Waals surface area contributed by atoms with Crippen LogP contribution in [0.15, 0.2) is 4.52 Å². The van der Waals surface area contributed by atoms with Crippen LogP contribution in [0, 0.1) is 11.8 Å². The number of rotatable bonds is 7. The molecule has 1 aromatic heterocycles. The molecule has 1 aromatic rings. The molecule has 0 bridgehead atoms. The van der Waals surface area contributed by atoms with Gasteiger partial charge in [-0.15, -0.1) is 0 Å². The largest absolute Gasteiger partial charge is 0.338 e. The summed E-state index contributed by atoms with van der Waals surface area (Å²) < 4.78 is 27.4. The molecule has 0 aliphatic heterocycles. The monoisotopic (exact) mass is 332 g/mol. The third-order valence-corrected chi connectivity index (χ3v) is 5.60. The third kappa shape index (κ3) is 6.38. The normalized spacial score (nSPS) is 23.3. The molecule has 7 heteroatoms. The number of hydrogen-bond acceptors (Lipinski definition) is 6. The van der Waals surface area contributed by atoms with Crippen LogP contribution in [0.25, 0.3) is 0 Å². The van der Waals surface area contributed by atoms with Crippen molar-refractivity contribution in [2.75, 3.05) is 12.0 Å². The molecule has 0 amide bonds. The van der Waals surface area contributed by atoms with Gasteiger partial charge < -0.3 is 4.52 Å². The second-order valence-electron chi connectivity index (χ2n) is 6.15. The second kappa shape index (κ2) is 7.63. The maximum Gasteiger partial charge on any atom is 0.236 e. The Morgan fingerprint density at radius 1 is 1.38 bits per heavy atom. The summed E-state index contributed by atoms with van der Waals surface area (Å²) in [5.74, 6) is 4.14. The Bertz CT molecular complexity index is 542. The van der Waals surface area contributed by atoms with Crippen LogP contribution in [0.4, 0.5) is 0 Å². The van der Waals surface area contributed by atoms with Crippen molar-refractivity contribution in [1.82, 2.24) is 10.1 Å². The first-order valence-electron chi connectivity index (χ1n) is 7.49. The maximum atomic E-state index is 11.1. The molecule has 1 aliphatic rings. The van der Waals surface area contributed by atoms with Crippen LogP contribution in [0.1, 0.15) is 50.7 Å². The lowest BCUT2D eigenvalue weighted by molar-refractivity contribution is 0.278. The first-order chi connectivity index (χ1) is 9.92. The lowest BCUT2D eigenvalue weighted by Crippen LogP contribution is -2.13. The van der Waals surface area contributed by atoms with Gasteiger partial charge in [0, 0.05) is 6.26 Å². The molecule has 1 heterocycles. The molecule has 120 valence electrons. The molecule has 5 nitrogen and oxygen atoms in total. The van der Waals surface area contributed by atoms with E-state index in [2.05, 4.69) is 17.1 Å². The Hall–Kier alpha value is -0.560. The van der Waals surface area contributed by atoms with Crippen LogP contribution in [-0.4, -0.2) is 30.6 Å². The third-order valence-electron chi connectivity index (χ3n) is 3.84. The predicted octanol–water partition coefficient (Wildman–Crippen LogP) is 3.06. The van der Waals surface area contributed by atoms with Gasteiger partial charge >= 0.3 is 0 Å². The molecule has 0 saturated heterocycles. The number of thioether (sulfide) groups is 1. The van der Waals surface area contributed by atoms with Crippen LogP contribution in [0.2, 0.25) is 0 Å². The van der Waals surface area contributed by atoms with Gasteiger partial charge in [-0.1, -0.05) is 31.3 Å². The molecular formula is C14H24N2O3S2. The zero-order chi connectivity index (χ0) is 15.3. The lowest BCUT2D eigenvalue weighted by atomic mass is 9.81. The van der Waals surface area contributed by atoms with E-state index in [0.717, 1.165) is 17.6 Å². The highest BCUT2D eigenvalue weighted by Crippen LogP contribution is 2.31. The van der Waals surface area contributed by atoms with Gasteiger partial charge in [-0.2, -0.15) is 16.7 Å². The van der Waals surface area contributed by atoms with E-state index in [1.54, 1.807) is 11.8 Å². The summed E-state index contributed by atoms with van der Waals surface area (Å²) in [6, 6.07) is 0. The van der Waals surface area contributed by atoms with Crippen LogP contribution >= 0.6 is 11.8 Å². The fraction of sp³-hybridized carbons (Fsp3) is 0.857. The summed E-state index contributed by atoms with van der Waals surface area (Å²) in [7, 11) is -3.10. The zero-order valence-electron chi connectivity index (χ0n) is 12.7. The molecular weight excluding hydrogens is 308 g/mol. The minimum Gasteiger partial charge on any atom is -0.338 e. The van der Waals surface area contributed by atoms with Crippen molar-refractivity contribution >= 4 is 21.6 Å². The topological polar surface area (TPSA) is 73.1 Å². The summed E-state index contributed by atoms with van der Waals surface area (Å²) in [6.45, 7) is 2.35. The Kier molecular flexibility index (Phi) is 6.10. The van der Waals surface area contributed by atoms with E-state index >= 15 is 0 Å². The fourth-order valence-corrected chi connectivity index (χ4v) is 4.40. The van der Waals surface area contributed by atoms with Crippen molar-refractivity contribution in [3.8, 4) is 0 Å². The highest BCUT2D eigenvalue weighted by Gasteiger charge is 2.18. The molecule has 1 saturated carbocycles. The highest BCUT2D eigenvalue weighted by atomic mass is 32.2. The Morgan fingerprint density at radius 2 is 2.19 bits per heavy atom. The molecule has 0 unspecified atom stereocenters. The number of hydrogen-bond donors (Lipinski definition) is 0. The highest BCUT2D eigenvalue weighted by molar-refractivity contribution is 7.98. The minimum atomic E-state index is -3.10. The molecule has 2 atom stereocenters. The van der Waals surface area contributed by atoms with E-state index in [9.17, 15) is 8.42 Å². The van der Waals surface area contributed by atoms with Gasteiger partial charge in [-0.25, -0.2) is 8.42 Å². The number of sulfone groups is 1. The van der Waals surface area contributed by atoms with Gasteiger partial charge in [-0.3, -0.25) is 0 Å². The molecule has 0 N–H and O–H groups in total. The minimum absolute atomic E-state index is 0.152. The van der Waals surface area contributed by atoms with Crippen molar-refractivity contribution < 1.29 is 12.9 Å². The van der Waals surface area contributed by atoms with Gasteiger partial charge in [0.05, 0.1) is 5.75 Å². The van der Waals surface area contributed by atoms with Crippen molar-refractivity contribution in [2.45, 2.75) is 50.5 Å². The summed E-state index contributed by atoms with van der Waals surface area (Å²) in [5.41, 5.74) is 0. The van der Waals surface area contributed by atoms with Crippen LogP contribution in [-0.2, 0) is 21.3 Å². The van der Waals surface area contributed by atoms with Gasteiger partial charge in [0.1, 0.15) is 5.75 Å². The van der Waals surface area contributed by atoms with Gasteiger partial charge in [0.2, 0.25) is 5.89 Å². The van der Waals surface area contributed by atoms with Crippen LogP contribution in [0.3, 0.4) is 0 Å². The second-order valence-corrected chi connectivity index (χ2v) is 9.40. The summed E-state index contributed by atoms with van der Waals surface area (Å²) >= 11 is 1.79. The summed E-state index contributed by atoms with van der Waals surface area (Å²) in [6.07, 6.45) is 7.90. The standard InChI is InChI=1S/C14H24N2O3S2/c1-11-4-3-5-12(8-11)6-7-20-9-14-15-13(16-19-14)10-21(2,17)18/h11-12H,3-10H2,1-2H3/t11-,12-/m1/s1. The van der Waals surface area contributed by atoms with E-state index in [1.807, 2.05) is 0 Å². The van der Waals surface area contributed by atoms with Gasteiger partial charge in [0.25, 0.3) is 0 Å². The van der Waals surface area contributed by atoms with E-state index in [0.29, 0.717) is 11.6 Å². The first-order valence-corrected chi connectivity index (χ1v) is 10.7. The quantitative estimate of drug-likeness (QED) is 0.715. The van der Waals surface area contributed by atoms with E-state index in [1.165, 1.54) is 38.4 Å². The van der Waals surface area contributed by atoms with Crippen LogP contribution < -0.4 is 0 Å². The molecule has 0 aromatic carbocycles. The van der Waals surface area contributed by atoms with E-state index in [4.69, 9.17) is 4.52 Å². The van der Waals surface area contributed by atoms with E-state index < -0.39 is 9.84 Å². The van der Waals surface area contributed by atoms with Crippen molar-refractivity contribution in [2.24, 2.45) is 11.8 Å². The molecule has 2 rings (SSSR count). The molecule has 0 spiro atoms. The Balaban J connectivity index is 1.67. The maximum absolute atomic E-state index is 11.1. The molecule has 0 radical (unpaired) electrons. The first kappa shape index (κ1) is 16.8. The fourth-order valence-electron chi connectivity index (χ4n) is 2.87. The van der Waals surface area contributed by atoms with Crippen LogP contribution in [0.5, 0.6) is 0 Å². The average Bonchev–Trinajstić information content (AvgIpc) is 2.80. The van der Waals surface area contributed by atoms with E-state index in [-0.39, 0.29) is 11.6 Å².